The first kappa shape index (κ1) is 19.1. The van der Waals surface area contributed by atoms with E-state index < -0.39 is 6.23 Å². The Morgan fingerprint density at radius 3 is 2.48 bits per heavy atom. The minimum Gasteiger partial charge on any atom is -0.463 e. The molecule has 0 aliphatic carbocycles. The number of halogens is 4. The number of hydrogen-bond acceptors (Lipinski definition) is 3. The molecule has 0 bridgehead atoms. The van der Waals surface area contributed by atoms with Crippen molar-refractivity contribution in [3.8, 4) is 5.75 Å². The van der Waals surface area contributed by atoms with Gasteiger partial charge in [-0.25, -0.2) is 9.40 Å². The van der Waals surface area contributed by atoms with Crippen LogP contribution in [0.5, 0.6) is 5.75 Å². The zero-order valence-corrected chi connectivity index (χ0v) is 18.9. The second kappa shape index (κ2) is 7.42. The van der Waals surface area contributed by atoms with Crippen molar-refractivity contribution in [1.82, 2.24) is 5.01 Å². The quantitative estimate of drug-likeness (QED) is 0.345. The Balaban J connectivity index is 1.62. The summed E-state index contributed by atoms with van der Waals surface area (Å²) < 4.78 is 21.7. The van der Waals surface area contributed by atoms with Crippen LogP contribution in [-0.2, 0) is 0 Å². The van der Waals surface area contributed by atoms with Crippen LogP contribution in [0.15, 0.2) is 74.7 Å². The molecule has 3 aromatic rings. The van der Waals surface area contributed by atoms with Gasteiger partial charge in [0.25, 0.3) is 0 Å². The Bertz CT molecular complexity index is 1120. The van der Waals surface area contributed by atoms with E-state index in [9.17, 15) is 4.39 Å². The highest BCUT2D eigenvalue weighted by Crippen LogP contribution is 2.50. The normalized spacial score (nSPS) is 20.0. The third kappa shape index (κ3) is 3.47. The molecule has 7 heteroatoms. The maximum absolute atomic E-state index is 13.5. The van der Waals surface area contributed by atoms with Crippen molar-refractivity contribution >= 4 is 49.2 Å². The van der Waals surface area contributed by atoms with E-state index in [4.69, 9.17) is 21.4 Å². The average Bonchev–Trinajstić information content (AvgIpc) is 3.14. The first-order valence-corrected chi connectivity index (χ1v) is 11.0. The molecule has 0 saturated carbocycles. The maximum atomic E-state index is 13.5. The minimum absolute atomic E-state index is 0.00767. The van der Waals surface area contributed by atoms with Crippen molar-refractivity contribution in [3.63, 3.8) is 0 Å². The van der Waals surface area contributed by atoms with Crippen LogP contribution in [-0.4, -0.2) is 10.7 Å². The van der Waals surface area contributed by atoms with Crippen molar-refractivity contribution in [2.75, 3.05) is 0 Å². The Morgan fingerprint density at radius 2 is 1.76 bits per heavy atom. The summed E-state index contributed by atoms with van der Waals surface area (Å²) >= 11 is 13.2. The van der Waals surface area contributed by atoms with Crippen LogP contribution in [0.4, 0.5) is 4.39 Å². The van der Waals surface area contributed by atoms with Crippen molar-refractivity contribution in [2.45, 2.75) is 18.7 Å². The number of rotatable bonds is 2. The lowest BCUT2D eigenvalue weighted by Gasteiger charge is -2.38. The second-order valence-electron chi connectivity index (χ2n) is 6.98. The molecule has 2 aliphatic heterocycles. The standard InChI is InChI=1S/C22H14Br2ClFN2O/c23-14-9-17-20-11-19(12-1-5-15(25)6-2-12)27-28(20)22(29-21(17)18(24)10-14)13-3-7-16(26)8-4-13/h1-10,20,22H,11H2/t20-,22+/m0/s1. The maximum Gasteiger partial charge on any atom is 0.213 e. The molecule has 0 aromatic heterocycles. The first-order chi connectivity index (χ1) is 14.0. The molecule has 3 nitrogen and oxygen atoms in total. The van der Waals surface area contributed by atoms with Crippen LogP contribution in [0, 0.1) is 5.82 Å². The van der Waals surface area contributed by atoms with Crippen LogP contribution in [0.2, 0.25) is 5.02 Å². The van der Waals surface area contributed by atoms with E-state index in [1.165, 1.54) is 12.1 Å². The predicted octanol–water partition coefficient (Wildman–Crippen LogP) is 7.25. The van der Waals surface area contributed by atoms with Gasteiger partial charge in [-0.3, -0.25) is 0 Å². The fourth-order valence-electron chi connectivity index (χ4n) is 3.78. The van der Waals surface area contributed by atoms with Crippen LogP contribution >= 0.6 is 43.5 Å². The fourth-order valence-corrected chi connectivity index (χ4v) is 5.26. The van der Waals surface area contributed by atoms with Gasteiger partial charge in [-0.2, -0.15) is 5.10 Å². The average molecular weight is 537 g/mol. The smallest absolute Gasteiger partial charge is 0.213 e. The van der Waals surface area contributed by atoms with E-state index in [2.05, 4.69) is 37.9 Å². The van der Waals surface area contributed by atoms with Crippen LogP contribution in [0.3, 0.4) is 0 Å². The number of benzene rings is 3. The zero-order chi connectivity index (χ0) is 20.1. The van der Waals surface area contributed by atoms with Crippen LogP contribution in [0.1, 0.15) is 35.4 Å². The summed E-state index contributed by atoms with van der Waals surface area (Å²) in [4.78, 5) is 0. The minimum atomic E-state index is -0.449. The largest absolute Gasteiger partial charge is 0.463 e. The van der Waals surface area contributed by atoms with Gasteiger partial charge in [0.05, 0.1) is 16.2 Å². The van der Waals surface area contributed by atoms with E-state index in [1.807, 2.05) is 35.3 Å². The fraction of sp³-hybridized carbons (Fsp3) is 0.136. The molecule has 0 fully saturated rings. The van der Waals surface area contributed by atoms with Gasteiger partial charge in [0.1, 0.15) is 11.6 Å². The van der Waals surface area contributed by atoms with Gasteiger partial charge < -0.3 is 4.74 Å². The summed E-state index contributed by atoms with van der Waals surface area (Å²) in [5.41, 5.74) is 3.89. The van der Waals surface area contributed by atoms with Crippen molar-refractivity contribution < 1.29 is 9.13 Å². The third-order valence-corrected chi connectivity index (χ3v) is 6.44. The molecule has 0 unspecified atom stereocenters. The van der Waals surface area contributed by atoms with Gasteiger partial charge in [-0.1, -0.05) is 51.8 Å². The molecule has 2 heterocycles. The monoisotopic (exact) mass is 534 g/mol. The second-order valence-corrected chi connectivity index (χ2v) is 9.19. The lowest BCUT2D eigenvalue weighted by molar-refractivity contribution is -0.0197. The van der Waals surface area contributed by atoms with Crippen LogP contribution < -0.4 is 4.74 Å². The Morgan fingerprint density at radius 1 is 1.03 bits per heavy atom. The van der Waals surface area contributed by atoms with Gasteiger partial charge in [-0.05, 0) is 57.9 Å². The van der Waals surface area contributed by atoms with E-state index in [0.717, 1.165) is 43.5 Å². The van der Waals surface area contributed by atoms with E-state index in [1.54, 1.807) is 12.1 Å². The highest BCUT2D eigenvalue weighted by Gasteiger charge is 2.41. The van der Waals surface area contributed by atoms with E-state index in [0.29, 0.717) is 5.02 Å². The summed E-state index contributed by atoms with van der Waals surface area (Å²) in [6.07, 6.45) is 0.286. The Labute approximate surface area is 189 Å². The SMILES string of the molecule is Fc1ccc([C@H]2Oc3c(Br)cc(Br)cc3[C@@H]3CC(c4ccc(Cl)cc4)=NN23)cc1. The molecular formula is C22H14Br2ClFN2O. The molecule has 29 heavy (non-hydrogen) atoms. The molecule has 5 rings (SSSR count). The summed E-state index contributed by atoms with van der Waals surface area (Å²) in [5.74, 6) is 0.509. The lowest BCUT2D eigenvalue weighted by Crippen LogP contribution is -2.33. The highest BCUT2D eigenvalue weighted by molar-refractivity contribution is 9.11. The predicted molar refractivity (Wildman–Crippen MR) is 119 cm³/mol. The highest BCUT2D eigenvalue weighted by atomic mass is 79.9. The van der Waals surface area contributed by atoms with Gasteiger partial charge in [0.2, 0.25) is 6.23 Å². The van der Waals surface area contributed by atoms with Crippen molar-refractivity contribution in [2.24, 2.45) is 5.10 Å². The number of hydrazone groups is 1. The molecule has 0 amide bonds. The molecular weight excluding hydrogens is 523 g/mol. The van der Waals surface area contributed by atoms with Crippen molar-refractivity contribution in [3.05, 3.63) is 97.1 Å². The Kier molecular flexibility index (Phi) is 4.88. The molecule has 2 aliphatic rings. The molecule has 0 saturated heterocycles. The van der Waals surface area contributed by atoms with Crippen molar-refractivity contribution in [1.29, 1.82) is 0 Å². The Hall–Kier alpha value is -1.89. The summed E-state index contributed by atoms with van der Waals surface area (Å²) in [7, 11) is 0. The molecule has 0 N–H and O–H groups in total. The molecule has 2 atom stereocenters. The zero-order valence-electron chi connectivity index (χ0n) is 14.9. The molecule has 0 spiro atoms. The summed E-state index contributed by atoms with van der Waals surface area (Å²) in [6.45, 7) is 0. The molecule has 146 valence electrons. The number of ether oxygens (including phenoxy) is 1. The third-order valence-electron chi connectivity index (χ3n) is 5.14. The molecule has 3 aromatic carbocycles. The molecule has 0 radical (unpaired) electrons. The van der Waals surface area contributed by atoms with E-state index in [-0.39, 0.29) is 11.9 Å². The van der Waals surface area contributed by atoms with Gasteiger partial charge in [0, 0.05) is 27.0 Å². The van der Waals surface area contributed by atoms with Gasteiger partial charge >= 0.3 is 0 Å². The van der Waals surface area contributed by atoms with Gasteiger partial charge in [-0.15, -0.1) is 0 Å². The summed E-state index contributed by atoms with van der Waals surface area (Å²) in [6, 6.07) is 18.1. The summed E-state index contributed by atoms with van der Waals surface area (Å²) in [5, 5.41) is 7.57. The number of fused-ring (bicyclic) bond motifs is 3. The number of nitrogens with zero attached hydrogens (tertiary/aromatic N) is 2. The van der Waals surface area contributed by atoms with Gasteiger partial charge in [0.15, 0.2) is 0 Å². The van der Waals surface area contributed by atoms with E-state index >= 15 is 0 Å². The van der Waals surface area contributed by atoms with Crippen LogP contribution in [0.25, 0.3) is 0 Å². The lowest BCUT2D eigenvalue weighted by atomic mass is 9.96. The first-order valence-electron chi connectivity index (χ1n) is 9.02. The topological polar surface area (TPSA) is 24.8 Å². The number of hydrogen-bond donors (Lipinski definition) is 0.